The third-order valence-electron chi connectivity index (χ3n) is 3.46. The summed E-state index contributed by atoms with van der Waals surface area (Å²) in [5.41, 5.74) is 0.229. The number of ether oxygens (including phenoxy) is 1. The van der Waals surface area contributed by atoms with Gasteiger partial charge >= 0.3 is 0 Å². The van der Waals surface area contributed by atoms with E-state index in [1.165, 1.54) is 6.42 Å². The van der Waals surface area contributed by atoms with Gasteiger partial charge in [0.1, 0.15) is 5.72 Å². The average Bonchev–Trinajstić information content (AvgIpc) is 2.53. The molecule has 76 valence electrons. The van der Waals surface area contributed by atoms with Crippen molar-refractivity contribution in [3.05, 3.63) is 0 Å². The summed E-state index contributed by atoms with van der Waals surface area (Å²) in [5.74, 6) is 0. The summed E-state index contributed by atoms with van der Waals surface area (Å²) in [4.78, 5) is 0. The van der Waals surface area contributed by atoms with Crippen LogP contribution in [0.4, 0.5) is 0 Å². The summed E-state index contributed by atoms with van der Waals surface area (Å²) in [6.45, 7) is 7.48. The Kier molecular flexibility index (Phi) is 2.34. The second-order valence-electron chi connectivity index (χ2n) is 4.56. The van der Waals surface area contributed by atoms with Gasteiger partial charge in [-0.2, -0.15) is 0 Å². The largest absolute Gasteiger partial charge is 0.359 e. The molecule has 2 N–H and O–H groups in total. The van der Waals surface area contributed by atoms with Crippen molar-refractivity contribution in [1.82, 2.24) is 10.6 Å². The van der Waals surface area contributed by atoms with Crippen molar-refractivity contribution in [2.75, 3.05) is 19.7 Å². The third-order valence-corrected chi connectivity index (χ3v) is 3.46. The quantitative estimate of drug-likeness (QED) is 0.634. The molecule has 0 radical (unpaired) electrons. The minimum Gasteiger partial charge on any atom is -0.359 e. The second kappa shape index (κ2) is 3.23. The maximum absolute atomic E-state index is 5.85. The van der Waals surface area contributed by atoms with Gasteiger partial charge in [0, 0.05) is 18.5 Å². The van der Waals surface area contributed by atoms with Crippen LogP contribution >= 0.6 is 0 Å². The first-order valence-electron chi connectivity index (χ1n) is 5.32. The van der Waals surface area contributed by atoms with E-state index in [0.717, 1.165) is 32.5 Å². The highest BCUT2D eigenvalue weighted by Gasteiger charge is 2.43. The highest BCUT2D eigenvalue weighted by Crippen LogP contribution is 2.29. The topological polar surface area (TPSA) is 33.3 Å². The minimum atomic E-state index is -0.0526. The molecule has 2 heterocycles. The van der Waals surface area contributed by atoms with Crippen molar-refractivity contribution in [3.63, 3.8) is 0 Å². The SMILES string of the molecule is CCC1(C)CCOC2(CCNC2)N1. The molecule has 2 rings (SSSR count). The maximum Gasteiger partial charge on any atom is 0.133 e. The normalized spacial score (nSPS) is 45.7. The van der Waals surface area contributed by atoms with E-state index in [-0.39, 0.29) is 11.3 Å². The molecule has 2 unspecified atom stereocenters. The van der Waals surface area contributed by atoms with Crippen molar-refractivity contribution in [1.29, 1.82) is 0 Å². The van der Waals surface area contributed by atoms with Crippen molar-refractivity contribution >= 4 is 0 Å². The highest BCUT2D eigenvalue weighted by molar-refractivity contribution is 4.98. The first kappa shape index (κ1) is 9.44. The van der Waals surface area contributed by atoms with E-state index in [9.17, 15) is 0 Å². The number of hydrogen-bond donors (Lipinski definition) is 2. The predicted molar refractivity (Wildman–Crippen MR) is 52.6 cm³/mol. The smallest absolute Gasteiger partial charge is 0.133 e. The molecule has 2 aliphatic rings. The molecule has 0 aromatic rings. The summed E-state index contributed by atoms with van der Waals surface area (Å²) in [5, 5.41) is 7.03. The Morgan fingerprint density at radius 1 is 1.38 bits per heavy atom. The van der Waals surface area contributed by atoms with Gasteiger partial charge in [-0.15, -0.1) is 0 Å². The molecule has 2 atom stereocenters. The van der Waals surface area contributed by atoms with Crippen molar-refractivity contribution < 1.29 is 4.74 Å². The van der Waals surface area contributed by atoms with Gasteiger partial charge < -0.3 is 10.1 Å². The molecule has 3 heteroatoms. The van der Waals surface area contributed by atoms with Gasteiger partial charge in [-0.25, -0.2) is 0 Å². The molecular formula is C10H20N2O. The van der Waals surface area contributed by atoms with Gasteiger partial charge in [-0.3, -0.25) is 5.32 Å². The van der Waals surface area contributed by atoms with E-state index < -0.39 is 0 Å². The van der Waals surface area contributed by atoms with E-state index in [1.807, 2.05) is 0 Å². The van der Waals surface area contributed by atoms with Crippen molar-refractivity contribution in [2.45, 2.75) is 44.4 Å². The van der Waals surface area contributed by atoms with Crippen molar-refractivity contribution in [3.8, 4) is 0 Å². The molecule has 0 aromatic heterocycles. The Morgan fingerprint density at radius 3 is 2.85 bits per heavy atom. The number of nitrogens with one attached hydrogen (secondary N) is 2. The fourth-order valence-corrected chi connectivity index (χ4v) is 2.28. The molecule has 3 nitrogen and oxygen atoms in total. The lowest BCUT2D eigenvalue weighted by molar-refractivity contribution is -0.117. The van der Waals surface area contributed by atoms with Crippen LogP contribution in [0.15, 0.2) is 0 Å². The number of rotatable bonds is 1. The van der Waals surface area contributed by atoms with E-state index in [4.69, 9.17) is 4.74 Å². The number of hydrogen-bond acceptors (Lipinski definition) is 3. The van der Waals surface area contributed by atoms with Crippen LogP contribution in [0, 0.1) is 0 Å². The lowest BCUT2D eigenvalue weighted by Gasteiger charge is -2.45. The molecule has 2 saturated heterocycles. The van der Waals surface area contributed by atoms with E-state index in [1.54, 1.807) is 0 Å². The third kappa shape index (κ3) is 1.73. The van der Waals surface area contributed by atoms with Crippen LogP contribution in [-0.2, 0) is 4.74 Å². The Balaban J connectivity index is 2.06. The first-order chi connectivity index (χ1) is 6.18. The molecule has 1 spiro atoms. The Labute approximate surface area is 80.2 Å². The van der Waals surface area contributed by atoms with E-state index >= 15 is 0 Å². The van der Waals surface area contributed by atoms with Crippen LogP contribution in [-0.4, -0.2) is 31.0 Å². The zero-order valence-electron chi connectivity index (χ0n) is 8.65. The average molecular weight is 184 g/mol. The second-order valence-corrected chi connectivity index (χ2v) is 4.56. The lowest BCUT2D eigenvalue weighted by atomic mass is 9.90. The standard InChI is InChI=1S/C10H20N2O/c1-3-9(2)5-7-13-10(12-9)4-6-11-8-10/h11-12H,3-8H2,1-2H3. The van der Waals surface area contributed by atoms with Gasteiger partial charge in [-0.05, 0) is 26.3 Å². The summed E-state index contributed by atoms with van der Waals surface area (Å²) in [7, 11) is 0. The Bertz CT molecular complexity index is 189. The van der Waals surface area contributed by atoms with Crippen LogP contribution in [0.1, 0.15) is 33.1 Å². The van der Waals surface area contributed by atoms with Gasteiger partial charge in [0.15, 0.2) is 0 Å². The lowest BCUT2D eigenvalue weighted by Crippen LogP contribution is -2.63. The molecular weight excluding hydrogens is 164 g/mol. The van der Waals surface area contributed by atoms with Gasteiger partial charge in [0.25, 0.3) is 0 Å². The summed E-state index contributed by atoms with van der Waals surface area (Å²) >= 11 is 0. The van der Waals surface area contributed by atoms with Gasteiger partial charge in [-0.1, -0.05) is 6.92 Å². The molecule has 2 aliphatic heterocycles. The monoisotopic (exact) mass is 184 g/mol. The van der Waals surface area contributed by atoms with Gasteiger partial charge in [0.05, 0.1) is 6.61 Å². The fraction of sp³-hybridized carbons (Fsp3) is 1.00. The molecule has 0 bridgehead atoms. The molecule has 13 heavy (non-hydrogen) atoms. The first-order valence-corrected chi connectivity index (χ1v) is 5.32. The Morgan fingerprint density at radius 2 is 2.23 bits per heavy atom. The maximum atomic E-state index is 5.85. The van der Waals surface area contributed by atoms with Crippen molar-refractivity contribution in [2.24, 2.45) is 0 Å². The van der Waals surface area contributed by atoms with Crippen LogP contribution < -0.4 is 10.6 Å². The van der Waals surface area contributed by atoms with Crippen LogP contribution in [0.5, 0.6) is 0 Å². The van der Waals surface area contributed by atoms with Gasteiger partial charge in [0.2, 0.25) is 0 Å². The van der Waals surface area contributed by atoms with Crippen LogP contribution in [0.3, 0.4) is 0 Å². The predicted octanol–water partition coefficient (Wildman–Crippen LogP) is 0.855. The molecule has 0 aromatic carbocycles. The minimum absolute atomic E-state index is 0.0526. The molecule has 0 amide bonds. The summed E-state index contributed by atoms with van der Waals surface area (Å²) < 4.78 is 5.85. The summed E-state index contributed by atoms with van der Waals surface area (Å²) in [6.07, 6.45) is 3.41. The fourth-order valence-electron chi connectivity index (χ4n) is 2.28. The zero-order valence-corrected chi connectivity index (χ0v) is 8.65. The molecule has 0 aliphatic carbocycles. The highest BCUT2D eigenvalue weighted by atomic mass is 16.5. The summed E-state index contributed by atoms with van der Waals surface area (Å²) in [6, 6.07) is 0. The zero-order chi connectivity index (χ0) is 9.36. The van der Waals surface area contributed by atoms with E-state index in [0.29, 0.717) is 0 Å². The van der Waals surface area contributed by atoms with Crippen LogP contribution in [0.25, 0.3) is 0 Å². The van der Waals surface area contributed by atoms with Crippen LogP contribution in [0.2, 0.25) is 0 Å². The van der Waals surface area contributed by atoms with E-state index in [2.05, 4.69) is 24.5 Å². The Hall–Kier alpha value is -0.120. The molecule has 2 fully saturated rings. The molecule has 0 saturated carbocycles.